The second-order valence-electron chi connectivity index (χ2n) is 5.39. The molecule has 1 aromatic carbocycles. The van der Waals surface area contributed by atoms with Gasteiger partial charge in [-0.25, -0.2) is 13.1 Å². The second kappa shape index (κ2) is 7.63. The minimum absolute atomic E-state index is 0.0269. The highest BCUT2D eigenvalue weighted by atomic mass is 32.2. The lowest BCUT2D eigenvalue weighted by molar-refractivity contribution is 0.282. The molecule has 0 saturated heterocycles. The number of aliphatic hydroxyl groups excluding tert-OH is 1. The Kier molecular flexibility index (Phi) is 6.10. The maximum Gasteiger partial charge on any atom is 0.216 e. The first kappa shape index (κ1) is 16.8. The molecule has 1 fully saturated rings. The molecule has 21 heavy (non-hydrogen) atoms. The summed E-state index contributed by atoms with van der Waals surface area (Å²) in [6.45, 7) is 2.04. The van der Waals surface area contributed by atoms with Gasteiger partial charge in [0.1, 0.15) is 0 Å². The molecular formula is C15H23NO3S2. The fourth-order valence-electron chi connectivity index (χ4n) is 2.78. The molecule has 0 radical (unpaired) electrons. The van der Waals surface area contributed by atoms with Crippen LogP contribution in [0.25, 0.3) is 0 Å². The molecule has 0 spiro atoms. The fourth-order valence-corrected chi connectivity index (χ4v) is 5.51. The summed E-state index contributed by atoms with van der Waals surface area (Å²) in [5.41, 5.74) is 1.45. The minimum Gasteiger partial charge on any atom is -0.392 e. The molecule has 0 aliphatic heterocycles. The number of thioether (sulfide) groups is 1. The predicted octanol–water partition coefficient (Wildman–Crippen LogP) is 2.27. The molecule has 6 heteroatoms. The maximum atomic E-state index is 12.3. The lowest BCUT2D eigenvalue weighted by Gasteiger charge is -2.20. The van der Waals surface area contributed by atoms with Crippen LogP contribution in [-0.2, 0) is 22.4 Å². The number of hydrogen-bond donors (Lipinski definition) is 2. The molecular weight excluding hydrogens is 306 g/mol. The van der Waals surface area contributed by atoms with Gasteiger partial charge in [0.05, 0.1) is 12.4 Å². The Hall–Kier alpha value is -0.560. The van der Waals surface area contributed by atoms with Crippen LogP contribution in [0.15, 0.2) is 24.3 Å². The molecule has 2 rings (SSSR count). The zero-order valence-corrected chi connectivity index (χ0v) is 13.9. The van der Waals surface area contributed by atoms with Crippen molar-refractivity contribution in [1.29, 1.82) is 0 Å². The van der Waals surface area contributed by atoms with Gasteiger partial charge in [0.15, 0.2) is 0 Å². The summed E-state index contributed by atoms with van der Waals surface area (Å²) in [5.74, 6) is 0.988. The normalized spacial score (nSPS) is 22.6. The molecule has 0 bridgehead atoms. The lowest BCUT2D eigenvalue weighted by Crippen LogP contribution is -2.39. The van der Waals surface area contributed by atoms with E-state index in [4.69, 9.17) is 5.11 Å². The minimum atomic E-state index is -3.34. The summed E-state index contributed by atoms with van der Waals surface area (Å²) in [5, 5.41) is 9.51. The molecule has 0 aromatic heterocycles. The molecule has 2 atom stereocenters. The summed E-state index contributed by atoms with van der Waals surface area (Å²) in [6.07, 6.45) is 3.10. The Morgan fingerprint density at radius 1 is 1.33 bits per heavy atom. The molecule has 1 saturated carbocycles. The molecule has 0 heterocycles. The van der Waals surface area contributed by atoms with E-state index in [1.807, 2.05) is 11.8 Å². The molecule has 4 nitrogen and oxygen atoms in total. The average Bonchev–Trinajstić information content (AvgIpc) is 2.85. The van der Waals surface area contributed by atoms with Crippen molar-refractivity contribution in [3.05, 3.63) is 35.4 Å². The maximum absolute atomic E-state index is 12.3. The van der Waals surface area contributed by atoms with Crippen molar-refractivity contribution in [1.82, 2.24) is 4.72 Å². The van der Waals surface area contributed by atoms with Gasteiger partial charge in [0.2, 0.25) is 10.0 Å². The Morgan fingerprint density at radius 2 is 2.10 bits per heavy atom. The molecule has 0 amide bonds. The summed E-state index contributed by atoms with van der Waals surface area (Å²) in [6, 6.07) is 7.15. The largest absolute Gasteiger partial charge is 0.392 e. The van der Waals surface area contributed by atoms with E-state index in [1.54, 1.807) is 24.3 Å². The molecule has 2 N–H and O–H groups in total. The van der Waals surface area contributed by atoms with E-state index in [0.717, 1.165) is 30.6 Å². The first-order chi connectivity index (χ1) is 10.0. The lowest BCUT2D eigenvalue weighted by atomic mass is 10.1. The third-order valence-electron chi connectivity index (χ3n) is 3.69. The second-order valence-corrected chi connectivity index (χ2v) is 8.66. The Labute approximate surface area is 131 Å². The Morgan fingerprint density at radius 3 is 2.81 bits per heavy atom. The number of benzene rings is 1. The monoisotopic (exact) mass is 329 g/mol. The zero-order chi connectivity index (χ0) is 15.3. The van der Waals surface area contributed by atoms with Crippen LogP contribution >= 0.6 is 11.8 Å². The number of nitrogens with one attached hydrogen (secondary N) is 1. The fraction of sp³-hybridized carbons (Fsp3) is 0.600. The molecule has 1 aliphatic carbocycles. The van der Waals surface area contributed by atoms with Crippen LogP contribution < -0.4 is 4.72 Å². The predicted molar refractivity (Wildman–Crippen MR) is 87.7 cm³/mol. The van der Waals surface area contributed by atoms with Crippen LogP contribution in [0.4, 0.5) is 0 Å². The van der Waals surface area contributed by atoms with E-state index in [1.165, 1.54) is 0 Å². The number of aliphatic hydroxyl groups is 1. The van der Waals surface area contributed by atoms with Crippen molar-refractivity contribution in [2.45, 2.75) is 49.8 Å². The number of hydrogen-bond acceptors (Lipinski definition) is 4. The summed E-state index contributed by atoms with van der Waals surface area (Å²) in [7, 11) is -3.34. The highest BCUT2D eigenvalue weighted by Crippen LogP contribution is 2.30. The molecule has 2 unspecified atom stereocenters. The topological polar surface area (TPSA) is 66.4 Å². The molecule has 118 valence electrons. The van der Waals surface area contributed by atoms with Crippen molar-refractivity contribution < 1.29 is 13.5 Å². The van der Waals surface area contributed by atoms with Crippen molar-refractivity contribution in [2.75, 3.05) is 5.75 Å². The van der Waals surface area contributed by atoms with Gasteiger partial charge in [-0.1, -0.05) is 37.6 Å². The van der Waals surface area contributed by atoms with Crippen LogP contribution in [0.2, 0.25) is 0 Å². The number of sulfonamides is 1. The third kappa shape index (κ3) is 4.98. The van der Waals surface area contributed by atoms with Gasteiger partial charge < -0.3 is 5.11 Å². The standard InChI is InChI=1S/C15H23NO3S2/c1-2-20-15-8-4-7-14(15)16-21(18,19)11-13-6-3-5-12(9-13)10-17/h3,5-6,9,14-17H,2,4,7-8,10-11H2,1H3. The highest BCUT2D eigenvalue weighted by molar-refractivity contribution is 8.00. The average molecular weight is 329 g/mol. The van der Waals surface area contributed by atoms with Gasteiger partial charge in [0.25, 0.3) is 0 Å². The van der Waals surface area contributed by atoms with E-state index in [0.29, 0.717) is 10.8 Å². The first-order valence-corrected chi connectivity index (χ1v) is 10.0. The zero-order valence-electron chi connectivity index (χ0n) is 12.3. The van der Waals surface area contributed by atoms with Crippen LogP contribution in [0.3, 0.4) is 0 Å². The van der Waals surface area contributed by atoms with Gasteiger partial charge in [0, 0.05) is 11.3 Å². The quantitative estimate of drug-likeness (QED) is 0.805. The highest BCUT2D eigenvalue weighted by Gasteiger charge is 2.30. The summed E-state index contributed by atoms with van der Waals surface area (Å²) in [4.78, 5) is 0. The molecule has 1 aliphatic rings. The van der Waals surface area contributed by atoms with Gasteiger partial charge in [-0.2, -0.15) is 11.8 Å². The van der Waals surface area contributed by atoms with E-state index >= 15 is 0 Å². The Bertz CT molecular complexity index is 560. The Balaban J connectivity index is 2.01. The van der Waals surface area contributed by atoms with E-state index in [2.05, 4.69) is 11.6 Å². The van der Waals surface area contributed by atoms with E-state index < -0.39 is 10.0 Å². The summed E-state index contributed by atoms with van der Waals surface area (Å²) < 4.78 is 27.5. The van der Waals surface area contributed by atoms with Crippen LogP contribution in [-0.4, -0.2) is 30.6 Å². The summed E-state index contributed by atoms with van der Waals surface area (Å²) >= 11 is 1.84. The van der Waals surface area contributed by atoms with Crippen molar-refractivity contribution in [3.63, 3.8) is 0 Å². The van der Waals surface area contributed by atoms with Crippen molar-refractivity contribution in [2.24, 2.45) is 0 Å². The van der Waals surface area contributed by atoms with E-state index in [9.17, 15) is 8.42 Å². The van der Waals surface area contributed by atoms with Crippen LogP contribution in [0.5, 0.6) is 0 Å². The van der Waals surface area contributed by atoms with Crippen LogP contribution in [0.1, 0.15) is 37.3 Å². The molecule has 1 aromatic rings. The van der Waals surface area contributed by atoms with E-state index in [-0.39, 0.29) is 18.4 Å². The third-order valence-corrected chi connectivity index (χ3v) is 6.40. The SMILES string of the molecule is CCSC1CCCC1NS(=O)(=O)Cc1cccc(CO)c1. The number of rotatable bonds is 7. The van der Waals surface area contributed by atoms with Gasteiger partial charge >= 0.3 is 0 Å². The van der Waals surface area contributed by atoms with Gasteiger partial charge in [-0.15, -0.1) is 0 Å². The van der Waals surface area contributed by atoms with Gasteiger partial charge in [-0.05, 0) is 29.7 Å². The van der Waals surface area contributed by atoms with Gasteiger partial charge in [-0.3, -0.25) is 0 Å². The smallest absolute Gasteiger partial charge is 0.216 e. The first-order valence-electron chi connectivity index (χ1n) is 7.34. The van der Waals surface area contributed by atoms with Crippen LogP contribution in [0, 0.1) is 0 Å². The van der Waals surface area contributed by atoms with Crippen molar-refractivity contribution >= 4 is 21.8 Å². The van der Waals surface area contributed by atoms with Crippen molar-refractivity contribution in [3.8, 4) is 0 Å².